The molecule has 5 nitrogen and oxygen atoms in total. The molecule has 0 fully saturated rings. The number of nitrogens with one attached hydrogen (secondary N) is 1. The molecule has 0 bridgehead atoms. The van der Waals surface area contributed by atoms with E-state index in [4.69, 9.17) is 15.1 Å². The van der Waals surface area contributed by atoms with Gasteiger partial charge in [-0.1, -0.05) is 6.92 Å². The van der Waals surface area contributed by atoms with E-state index >= 15 is 0 Å². The van der Waals surface area contributed by atoms with Crippen molar-refractivity contribution in [3.05, 3.63) is 23.8 Å². The van der Waals surface area contributed by atoms with Crippen LogP contribution in [0.3, 0.4) is 0 Å². The number of anilines is 1. The summed E-state index contributed by atoms with van der Waals surface area (Å²) >= 11 is 0. The molecule has 90 valence electrons. The fourth-order valence-corrected chi connectivity index (χ4v) is 1.26. The highest BCUT2D eigenvalue weighted by Crippen LogP contribution is 2.25. The molecule has 17 heavy (non-hydrogen) atoms. The van der Waals surface area contributed by atoms with Gasteiger partial charge in [0.1, 0.15) is 5.75 Å². The first kappa shape index (κ1) is 12.8. The lowest BCUT2D eigenvalue weighted by molar-refractivity contribution is -0.140. The zero-order chi connectivity index (χ0) is 12.8. The van der Waals surface area contributed by atoms with E-state index in [1.807, 2.05) is 6.07 Å². The molecule has 0 saturated carbocycles. The molecule has 0 aliphatic heterocycles. The highest BCUT2D eigenvalue weighted by atomic mass is 16.5. The number of rotatable bonds is 5. The largest absolute Gasteiger partial charge is 0.495 e. The molecule has 0 amide bonds. The molecule has 0 aliphatic carbocycles. The minimum absolute atomic E-state index is 0.303. The van der Waals surface area contributed by atoms with Gasteiger partial charge in [0.2, 0.25) is 0 Å². The van der Waals surface area contributed by atoms with Gasteiger partial charge in [-0.15, -0.1) is 0 Å². The Morgan fingerprint density at radius 2 is 2.35 bits per heavy atom. The third-order valence-electron chi connectivity index (χ3n) is 2.35. The summed E-state index contributed by atoms with van der Waals surface area (Å²) in [5.74, 6) is -0.817. The lowest BCUT2D eigenvalue weighted by Gasteiger charge is -2.13. The second-order valence-corrected chi connectivity index (χ2v) is 3.65. The van der Waals surface area contributed by atoms with Crippen LogP contribution in [0.25, 0.3) is 0 Å². The van der Waals surface area contributed by atoms with Crippen molar-refractivity contribution >= 4 is 11.7 Å². The molecule has 1 atom stereocenters. The standard InChI is InChI=1S/C12H14N2O3/c1-8(12(15)16)7-14-10-4-3-9(6-13)5-11(10)17-2/h3-5,8,14H,7H2,1-2H3,(H,15,16). The number of carbonyl (C=O) groups is 1. The minimum atomic E-state index is -0.856. The Balaban J connectivity index is 2.78. The Morgan fingerprint density at radius 3 is 2.88 bits per heavy atom. The molecule has 1 rings (SSSR count). The molecular formula is C12H14N2O3. The number of hydrogen-bond acceptors (Lipinski definition) is 4. The zero-order valence-electron chi connectivity index (χ0n) is 9.73. The summed E-state index contributed by atoms with van der Waals surface area (Å²) < 4.78 is 5.12. The molecule has 2 N–H and O–H groups in total. The summed E-state index contributed by atoms with van der Waals surface area (Å²) in [7, 11) is 1.50. The topological polar surface area (TPSA) is 82.3 Å². The van der Waals surface area contributed by atoms with E-state index in [0.29, 0.717) is 23.5 Å². The Labute approximate surface area is 99.6 Å². The van der Waals surface area contributed by atoms with E-state index in [0.717, 1.165) is 0 Å². The van der Waals surface area contributed by atoms with Gasteiger partial charge in [0.25, 0.3) is 0 Å². The first-order valence-electron chi connectivity index (χ1n) is 5.13. The number of nitriles is 1. The Hall–Kier alpha value is -2.22. The van der Waals surface area contributed by atoms with Gasteiger partial charge >= 0.3 is 5.97 Å². The smallest absolute Gasteiger partial charge is 0.308 e. The van der Waals surface area contributed by atoms with Crippen LogP contribution in [0.15, 0.2) is 18.2 Å². The van der Waals surface area contributed by atoms with Crippen LogP contribution in [0.1, 0.15) is 12.5 Å². The molecule has 0 radical (unpaired) electrons. The van der Waals surface area contributed by atoms with Crippen molar-refractivity contribution in [2.24, 2.45) is 5.92 Å². The Bertz CT molecular complexity index is 452. The normalized spacial score (nSPS) is 11.4. The molecule has 0 heterocycles. The molecule has 5 heteroatoms. The lowest BCUT2D eigenvalue weighted by Crippen LogP contribution is -2.19. The Morgan fingerprint density at radius 1 is 1.65 bits per heavy atom. The molecule has 0 saturated heterocycles. The highest BCUT2D eigenvalue weighted by Gasteiger charge is 2.11. The van der Waals surface area contributed by atoms with Gasteiger partial charge < -0.3 is 15.2 Å². The summed E-state index contributed by atoms with van der Waals surface area (Å²) in [6.07, 6.45) is 0. The number of aliphatic carboxylic acids is 1. The van der Waals surface area contributed by atoms with Gasteiger partial charge in [0, 0.05) is 12.6 Å². The second kappa shape index (κ2) is 5.75. The lowest BCUT2D eigenvalue weighted by atomic mass is 10.1. The average Bonchev–Trinajstić information content (AvgIpc) is 2.35. The summed E-state index contributed by atoms with van der Waals surface area (Å²) in [6.45, 7) is 1.92. The van der Waals surface area contributed by atoms with Gasteiger partial charge in [-0.3, -0.25) is 4.79 Å². The maximum absolute atomic E-state index is 10.7. The SMILES string of the molecule is COc1cc(C#N)ccc1NCC(C)C(=O)O. The fourth-order valence-electron chi connectivity index (χ4n) is 1.26. The zero-order valence-corrected chi connectivity index (χ0v) is 9.73. The number of benzene rings is 1. The van der Waals surface area contributed by atoms with E-state index in [2.05, 4.69) is 5.32 Å². The number of hydrogen-bond donors (Lipinski definition) is 2. The van der Waals surface area contributed by atoms with Crippen molar-refractivity contribution in [3.8, 4) is 11.8 Å². The van der Waals surface area contributed by atoms with E-state index in [1.54, 1.807) is 25.1 Å². The van der Waals surface area contributed by atoms with Crippen molar-refractivity contribution in [1.82, 2.24) is 0 Å². The summed E-state index contributed by atoms with van der Waals surface area (Å²) in [5.41, 5.74) is 1.18. The van der Waals surface area contributed by atoms with Crippen molar-refractivity contribution in [1.29, 1.82) is 5.26 Å². The second-order valence-electron chi connectivity index (χ2n) is 3.65. The van der Waals surface area contributed by atoms with Crippen molar-refractivity contribution in [2.45, 2.75) is 6.92 Å². The highest BCUT2D eigenvalue weighted by molar-refractivity contribution is 5.70. The number of nitrogens with zero attached hydrogens (tertiary/aromatic N) is 1. The van der Waals surface area contributed by atoms with E-state index < -0.39 is 11.9 Å². The third kappa shape index (κ3) is 3.38. The first-order chi connectivity index (χ1) is 8.08. The van der Waals surface area contributed by atoms with Crippen LogP contribution in [0.2, 0.25) is 0 Å². The van der Waals surface area contributed by atoms with E-state index in [1.165, 1.54) is 7.11 Å². The van der Waals surface area contributed by atoms with Crippen LogP contribution in [-0.2, 0) is 4.79 Å². The van der Waals surface area contributed by atoms with Gasteiger partial charge in [-0.2, -0.15) is 5.26 Å². The van der Waals surface area contributed by atoms with Crippen molar-refractivity contribution in [2.75, 3.05) is 19.0 Å². The monoisotopic (exact) mass is 234 g/mol. The number of methoxy groups -OCH3 is 1. The molecule has 1 unspecified atom stereocenters. The number of carboxylic acids is 1. The third-order valence-corrected chi connectivity index (χ3v) is 2.35. The van der Waals surface area contributed by atoms with Crippen LogP contribution in [0, 0.1) is 17.2 Å². The van der Waals surface area contributed by atoms with Crippen molar-refractivity contribution in [3.63, 3.8) is 0 Å². The molecule has 1 aromatic rings. The maximum Gasteiger partial charge on any atom is 0.308 e. The Kier molecular flexibility index (Phi) is 4.35. The quantitative estimate of drug-likeness (QED) is 0.810. The van der Waals surface area contributed by atoms with Crippen LogP contribution in [-0.4, -0.2) is 24.7 Å². The van der Waals surface area contributed by atoms with Gasteiger partial charge in [0.05, 0.1) is 30.3 Å². The van der Waals surface area contributed by atoms with Crippen LogP contribution < -0.4 is 10.1 Å². The van der Waals surface area contributed by atoms with Gasteiger partial charge in [-0.05, 0) is 12.1 Å². The van der Waals surface area contributed by atoms with Gasteiger partial charge in [-0.25, -0.2) is 0 Å². The summed E-state index contributed by atoms with van der Waals surface area (Å²) in [5, 5.41) is 20.5. The van der Waals surface area contributed by atoms with Crippen LogP contribution in [0.4, 0.5) is 5.69 Å². The van der Waals surface area contributed by atoms with Crippen LogP contribution >= 0.6 is 0 Å². The number of ether oxygens (including phenoxy) is 1. The number of carboxylic acid groups (broad SMARTS) is 1. The van der Waals surface area contributed by atoms with E-state index in [-0.39, 0.29) is 0 Å². The van der Waals surface area contributed by atoms with Crippen LogP contribution in [0.5, 0.6) is 5.75 Å². The molecule has 0 aromatic heterocycles. The fraction of sp³-hybridized carbons (Fsp3) is 0.333. The predicted octanol–water partition coefficient (Wildman–Crippen LogP) is 1.70. The van der Waals surface area contributed by atoms with Gasteiger partial charge in [0.15, 0.2) is 0 Å². The maximum atomic E-state index is 10.7. The predicted molar refractivity (Wildman–Crippen MR) is 63.0 cm³/mol. The van der Waals surface area contributed by atoms with E-state index in [9.17, 15) is 4.79 Å². The molecule has 1 aromatic carbocycles. The summed E-state index contributed by atoms with van der Waals surface area (Å²) in [6, 6.07) is 6.96. The van der Waals surface area contributed by atoms with Crippen molar-refractivity contribution < 1.29 is 14.6 Å². The average molecular weight is 234 g/mol. The minimum Gasteiger partial charge on any atom is -0.495 e. The molecule has 0 aliphatic rings. The molecule has 0 spiro atoms. The summed E-state index contributed by atoms with van der Waals surface area (Å²) in [4.78, 5) is 10.7. The first-order valence-corrected chi connectivity index (χ1v) is 5.13. The molecular weight excluding hydrogens is 220 g/mol.